The van der Waals surface area contributed by atoms with Gasteiger partial charge in [0.2, 0.25) is 11.8 Å². The lowest BCUT2D eigenvalue weighted by atomic mass is 10.0. The first kappa shape index (κ1) is 25.2. The van der Waals surface area contributed by atoms with Crippen LogP contribution in [0.3, 0.4) is 0 Å². The minimum Gasteiger partial charge on any atom is -0.453 e. The second-order valence-corrected chi connectivity index (χ2v) is 12.5. The third kappa shape index (κ3) is 3.62. The Morgan fingerprint density at radius 3 is 1.55 bits per heavy atom. The number of oxazole rings is 2. The number of rotatable bonds is 3. The standard InChI is InChI=1S/C38H18BrN3O5/c39-23-17-32-36-33(18-23)45-31-16-22(38-41-25-12-20(10-11-27(25)47-38)19-6-2-1-3-7-19)15-29-35(31)42(36)34-28(43-29)13-21(14-30(34)44-32)37-40-24-8-4-5-9-26(24)46-37/h1-18H. The van der Waals surface area contributed by atoms with Gasteiger partial charge in [-0.05, 0) is 71.8 Å². The molecule has 11 rings (SSSR count). The molecule has 3 aliphatic rings. The summed E-state index contributed by atoms with van der Waals surface area (Å²) in [5.41, 5.74) is 8.93. The first-order valence-corrected chi connectivity index (χ1v) is 15.8. The maximum Gasteiger partial charge on any atom is 0.227 e. The topological polar surface area (TPSA) is 83.0 Å². The van der Waals surface area contributed by atoms with Crippen LogP contribution in [0.5, 0.6) is 34.5 Å². The van der Waals surface area contributed by atoms with Gasteiger partial charge in [-0.2, -0.15) is 0 Å². The molecule has 0 unspecified atom stereocenters. The van der Waals surface area contributed by atoms with Crippen molar-refractivity contribution in [3.8, 4) is 68.5 Å². The Hall–Kier alpha value is -6.06. The normalized spacial score (nSPS) is 13.3. The van der Waals surface area contributed by atoms with Gasteiger partial charge in [-0.3, -0.25) is 4.90 Å². The second-order valence-electron chi connectivity index (χ2n) is 11.6. The maximum absolute atomic E-state index is 6.67. The summed E-state index contributed by atoms with van der Waals surface area (Å²) in [6.45, 7) is 0. The van der Waals surface area contributed by atoms with Gasteiger partial charge in [-0.15, -0.1) is 0 Å². The molecule has 8 aromatic rings. The molecule has 0 bridgehead atoms. The zero-order valence-electron chi connectivity index (χ0n) is 24.2. The number of aromatic nitrogens is 2. The maximum atomic E-state index is 6.67. The fourth-order valence-corrected chi connectivity index (χ4v) is 7.05. The van der Waals surface area contributed by atoms with Gasteiger partial charge in [-0.1, -0.05) is 64.5 Å². The van der Waals surface area contributed by atoms with Crippen molar-refractivity contribution >= 4 is 55.2 Å². The van der Waals surface area contributed by atoms with Crippen LogP contribution in [0.2, 0.25) is 0 Å². The SMILES string of the molecule is Brc1cc2c3c(c1)Oc1cc(-c4nc5cc(-c6ccccc6)ccc5o4)cc4c1N3c1c(cc(-c3nc5ccccc5o3)cc1O4)O2. The summed E-state index contributed by atoms with van der Waals surface area (Å²) in [6, 6.07) is 35.6. The van der Waals surface area contributed by atoms with E-state index in [2.05, 4.69) is 33.0 Å². The predicted octanol–water partition coefficient (Wildman–Crippen LogP) is 11.5. The number of fused-ring (bicyclic) bond motifs is 2. The molecule has 47 heavy (non-hydrogen) atoms. The lowest BCUT2D eigenvalue weighted by molar-refractivity contribution is 0.417. The smallest absolute Gasteiger partial charge is 0.227 e. The van der Waals surface area contributed by atoms with Crippen molar-refractivity contribution in [1.82, 2.24) is 9.97 Å². The zero-order valence-corrected chi connectivity index (χ0v) is 25.7. The number of benzene rings is 6. The van der Waals surface area contributed by atoms with E-state index in [0.717, 1.165) is 54.8 Å². The molecule has 0 aliphatic carbocycles. The number of halogens is 1. The molecule has 222 valence electrons. The number of hydrogen-bond acceptors (Lipinski definition) is 8. The fourth-order valence-electron chi connectivity index (χ4n) is 6.64. The quantitative estimate of drug-likeness (QED) is 0.183. The molecule has 5 heterocycles. The van der Waals surface area contributed by atoms with Gasteiger partial charge in [0.05, 0.1) is 0 Å². The molecular formula is C38H18BrN3O5. The highest BCUT2D eigenvalue weighted by Gasteiger charge is 2.43. The van der Waals surface area contributed by atoms with E-state index in [0.29, 0.717) is 57.4 Å². The van der Waals surface area contributed by atoms with E-state index in [1.807, 2.05) is 97.1 Å². The van der Waals surface area contributed by atoms with E-state index in [4.69, 9.17) is 33.0 Å². The minimum absolute atomic E-state index is 0.464. The van der Waals surface area contributed by atoms with E-state index in [1.54, 1.807) is 0 Å². The molecule has 8 nitrogen and oxygen atoms in total. The highest BCUT2D eigenvalue weighted by atomic mass is 79.9. The van der Waals surface area contributed by atoms with E-state index >= 15 is 0 Å². The lowest BCUT2D eigenvalue weighted by Crippen LogP contribution is -2.24. The van der Waals surface area contributed by atoms with E-state index in [1.165, 1.54) is 0 Å². The third-order valence-corrected chi connectivity index (χ3v) is 9.16. The van der Waals surface area contributed by atoms with Gasteiger partial charge in [0.1, 0.15) is 28.1 Å². The van der Waals surface area contributed by atoms with Crippen LogP contribution >= 0.6 is 15.9 Å². The Kier molecular flexibility index (Phi) is 4.83. The Bertz CT molecular complexity index is 2610. The van der Waals surface area contributed by atoms with Crippen molar-refractivity contribution in [2.24, 2.45) is 0 Å². The molecule has 3 aliphatic heterocycles. The summed E-state index contributed by atoms with van der Waals surface area (Å²) in [4.78, 5) is 11.8. The van der Waals surface area contributed by atoms with Crippen molar-refractivity contribution < 1.29 is 23.0 Å². The van der Waals surface area contributed by atoms with E-state index in [9.17, 15) is 0 Å². The largest absolute Gasteiger partial charge is 0.453 e. The predicted molar refractivity (Wildman–Crippen MR) is 180 cm³/mol. The van der Waals surface area contributed by atoms with Crippen LogP contribution in [-0.4, -0.2) is 9.97 Å². The minimum atomic E-state index is 0.464. The fraction of sp³-hybridized carbons (Fsp3) is 0. The summed E-state index contributed by atoms with van der Waals surface area (Å²) in [5.74, 6) is 4.67. The Morgan fingerprint density at radius 1 is 0.447 bits per heavy atom. The molecule has 0 radical (unpaired) electrons. The van der Waals surface area contributed by atoms with Crippen LogP contribution in [0.25, 0.3) is 56.2 Å². The Labute approximate surface area is 274 Å². The van der Waals surface area contributed by atoms with Crippen LogP contribution in [0.1, 0.15) is 0 Å². The van der Waals surface area contributed by atoms with Crippen LogP contribution < -0.4 is 19.1 Å². The molecule has 0 fully saturated rings. The monoisotopic (exact) mass is 675 g/mol. The van der Waals surface area contributed by atoms with Gasteiger partial charge in [-0.25, -0.2) is 9.97 Å². The molecule has 0 saturated carbocycles. The van der Waals surface area contributed by atoms with Crippen LogP contribution in [0.15, 0.2) is 123 Å². The molecule has 0 N–H and O–H groups in total. The van der Waals surface area contributed by atoms with Crippen LogP contribution in [-0.2, 0) is 0 Å². The van der Waals surface area contributed by atoms with Gasteiger partial charge >= 0.3 is 0 Å². The average molecular weight is 676 g/mol. The van der Waals surface area contributed by atoms with Gasteiger partial charge in [0.25, 0.3) is 0 Å². The second kappa shape index (κ2) is 9.02. The number of anilines is 3. The van der Waals surface area contributed by atoms with Crippen molar-refractivity contribution in [2.75, 3.05) is 4.90 Å². The number of ether oxygens (including phenoxy) is 3. The number of para-hydroxylation sites is 2. The Balaban J connectivity index is 1.09. The van der Waals surface area contributed by atoms with Crippen molar-refractivity contribution in [2.45, 2.75) is 0 Å². The van der Waals surface area contributed by atoms with Gasteiger partial charge in [0.15, 0.2) is 45.7 Å². The van der Waals surface area contributed by atoms with Crippen molar-refractivity contribution in [1.29, 1.82) is 0 Å². The third-order valence-electron chi connectivity index (χ3n) is 8.70. The van der Waals surface area contributed by atoms with Gasteiger partial charge in [0, 0.05) is 15.6 Å². The summed E-state index contributed by atoms with van der Waals surface area (Å²) in [7, 11) is 0. The number of hydrogen-bond donors (Lipinski definition) is 0. The first-order chi connectivity index (χ1) is 23.1. The summed E-state index contributed by atoms with van der Waals surface area (Å²) in [5, 5.41) is 0. The number of nitrogens with zero attached hydrogens (tertiary/aromatic N) is 3. The molecular weight excluding hydrogens is 658 g/mol. The lowest BCUT2D eigenvalue weighted by Gasteiger charge is -2.42. The molecule has 2 aromatic heterocycles. The van der Waals surface area contributed by atoms with Crippen molar-refractivity contribution in [3.63, 3.8) is 0 Å². The summed E-state index contributed by atoms with van der Waals surface area (Å²) < 4.78 is 33.0. The zero-order chi connectivity index (χ0) is 30.8. The van der Waals surface area contributed by atoms with Crippen LogP contribution in [0.4, 0.5) is 17.1 Å². The van der Waals surface area contributed by atoms with E-state index in [-0.39, 0.29) is 0 Å². The Morgan fingerprint density at radius 2 is 0.957 bits per heavy atom. The summed E-state index contributed by atoms with van der Waals surface area (Å²) >= 11 is 3.64. The highest BCUT2D eigenvalue weighted by molar-refractivity contribution is 9.10. The molecule has 0 atom stereocenters. The molecule has 0 amide bonds. The molecule has 6 aromatic carbocycles. The highest BCUT2D eigenvalue weighted by Crippen LogP contribution is 2.67. The molecule has 0 saturated heterocycles. The van der Waals surface area contributed by atoms with E-state index < -0.39 is 0 Å². The molecule has 0 spiro atoms. The first-order valence-electron chi connectivity index (χ1n) is 15.0. The molecule has 9 heteroatoms. The van der Waals surface area contributed by atoms with Gasteiger partial charge < -0.3 is 23.0 Å². The summed E-state index contributed by atoms with van der Waals surface area (Å²) in [6.07, 6.45) is 0. The average Bonchev–Trinajstić information content (AvgIpc) is 3.72. The van der Waals surface area contributed by atoms with Crippen LogP contribution in [0, 0.1) is 0 Å². The van der Waals surface area contributed by atoms with Crippen molar-refractivity contribution in [3.05, 3.63) is 114 Å².